The standard InChI is InChI=1S/C11H14BrClN2/c12-8-4-5-10(13)9(6-8)11(15-14)7-2-1-3-7/h4-7,11,15H,1-3,14H2. The van der Waals surface area contributed by atoms with Gasteiger partial charge in [-0.3, -0.25) is 11.3 Å². The second-order valence-corrected chi connectivity index (χ2v) is 5.32. The fraction of sp³-hybridized carbons (Fsp3) is 0.455. The van der Waals surface area contributed by atoms with Gasteiger partial charge >= 0.3 is 0 Å². The highest BCUT2D eigenvalue weighted by atomic mass is 79.9. The first-order valence-corrected chi connectivity index (χ1v) is 6.30. The summed E-state index contributed by atoms with van der Waals surface area (Å²) in [6, 6.07) is 6.08. The van der Waals surface area contributed by atoms with E-state index in [9.17, 15) is 0 Å². The second-order valence-electron chi connectivity index (χ2n) is 4.00. The summed E-state index contributed by atoms with van der Waals surface area (Å²) in [5, 5.41) is 0.785. The molecular weight excluding hydrogens is 275 g/mol. The summed E-state index contributed by atoms with van der Waals surface area (Å²) in [7, 11) is 0. The Kier molecular flexibility index (Phi) is 3.67. The summed E-state index contributed by atoms with van der Waals surface area (Å²) in [6.07, 6.45) is 3.77. The minimum absolute atomic E-state index is 0.184. The van der Waals surface area contributed by atoms with Crippen molar-refractivity contribution in [2.45, 2.75) is 25.3 Å². The third kappa shape index (κ3) is 2.36. The van der Waals surface area contributed by atoms with Gasteiger partial charge in [0.25, 0.3) is 0 Å². The molecule has 1 aliphatic carbocycles. The van der Waals surface area contributed by atoms with Gasteiger partial charge in [0.15, 0.2) is 0 Å². The van der Waals surface area contributed by atoms with Gasteiger partial charge in [-0.2, -0.15) is 0 Å². The summed E-state index contributed by atoms with van der Waals surface area (Å²) in [5.41, 5.74) is 3.98. The molecule has 0 aromatic heterocycles. The lowest BCUT2D eigenvalue weighted by Crippen LogP contribution is -2.36. The topological polar surface area (TPSA) is 38.0 Å². The largest absolute Gasteiger partial charge is 0.271 e. The average molecular weight is 290 g/mol. The van der Waals surface area contributed by atoms with Gasteiger partial charge in [-0.05, 0) is 42.5 Å². The minimum Gasteiger partial charge on any atom is -0.271 e. The quantitative estimate of drug-likeness (QED) is 0.661. The van der Waals surface area contributed by atoms with Crippen LogP contribution >= 0.6 is 27.5 Å². The van der Waals surface area contributed by atoms with E-state index in [2.05, 4.69) is 21.4 Å². The zero-order chi connectivity index (χ0) is 10.8. The van der Waals surface area contributed by atoms with E-state index < -0.39 is 0 Å². The summed E-state index contributed by atoms with van der Waals surface area (Å²) < 4.78 is 1.04. The molecule has 15 heavy (non-hydrogen) atoms. The molecule has 0 spiro atoms. The molecule has 2 rings (SSSR count). The van der Waals surface area contributed by atoms with E-state index in [4.69, 9.17) is 17.4 Å². The molecule has 1 aromatic rings. The van der Waals surface area contributed by atoms with E-state index in [0.717, 1.165) is 15.1 Å². The Bertz CT molecular complexity index is 352. The normalized spacial score (nSPS) is 18.6. The van der Waals surface area contributed by atoms with Gasteiger partial charge in [0.05, 0.1) is 6.04 Å². The predicted octanol–water partition coefficient (Wildman–Crippen LogP) is 3.41. The van der Waals surface area contributed by atoms with Crippen molar-refractivity contribution in [3.63, 3.8) is 0 Å². The van der Waals surface area contributed by atoms with Crippen molar-refractivity contribution in [2.75, 3.05) is 0 Å². The summed E-state index contributed by atoms with van der Waals surface area (Å²) >= 11 is 9.63. The van der Waals surface area contributed by atoms with Crippen molar-refractivity contribution in [2.24, 2.45) is 11.8 Å². The van der Waals surface area contributed by atoms with Crippen molar-refractivity contribution >= 4 is 27.5 Å². The highest BCUT2D eigenvalue weighted by Gasteiger charge is 2.28. The van der Waals surface area contributed by atoms with Gasteiger partial charge in [-0.25, -0.2) is 0 Å². The highest BCUT2D eigenvalue weighted by molar-refractivity contribution is 9.10. The fourth-order valence-corrected chi connectivity index (χ4v) is 2.62. The fourth-order valence-electron chi connectivity index (χ4n) is 2.01. The van der Waals surface area contributed by atoms with Crippen LogP contribution in [0.25, 0.3) is 0 Å². The Morgan fingerprint density at radius 3 is 2.73 bits per heavy atom. The van der Waals surface area contributed by atoms with Crippen LogP contribution in [0.3, 0.4) is 0 Å². The smallest absolute Gasteiger partial charge is 0.0503 e. The predicted molar refractivity (Wildman–Crippen MR) is 66.6 cm³/mol. The lowest BCUT2D eigenvalue weighted by Gasteiger charge is -2.34. The molecule has 1 fully saturated rings. The lowest BCUT2D eigenvalue weighted by molar-refractivity contribution is 0.232. The van der Waals surface area contributed by atoms with Crippen LogP contribution in [0, 0.1) is 5.92 Å². The third-order valence-electron chi connectivity index (χ3n) is 3.09. The van der Waals surface area contributed by atoms with Gasteiger partial charge < -0.3 is 0 Å². The molecule has 0 aliphatic heterocycles. The van der Waals surface area contributed by atoms with Gasteiger partial charge in [0.2, 0.25) is 0 Å². The first kappa shape index (κ1) is 11.4. The molecule has 82 valence electrons. The van der Waals surface area contributed by atoms with Crippen molar-refractivity contribution in [3.8, 4) is 0 Å². The number of benzene rings is 1. The van der Waals surface area contributed by atoms with E-state index >= 15 is 0 Å². The molecule has 0 radical (unpaired) electrons. The molecule has 0 heterocycles. The van der Waals surface area contributed by atoms with Crippen LogP contribution < -0.4 is 11.3 Å². The van der Waals surface area contributed by atoms with E-state index in [-0.39, 0.29) is 6.04 Å². The number of hydrogen-bond donors (Lipinski definition) is 2. The Morgan fingerprint density at radius 2 is 2.20 bits per heavy atom. The zero-order valence-electron chi connectivity index (χ0n) is 8.34. The maximum atomic E-state index is 6.18. The first-order chi connectivity index (χ1) is 7.22. The number of halogens is 2. The molecule has 1 saturated carbocycles. The molecule has 0 amide bonds. The van der Waals surface area contributed by atoms with Gasteiger partial charge in [-0.15, -0.1) is 0 Å². The molecule has 0 bridgehead atoms. The van der Waals surface area contributed by atoms with Crippen molar-refractivity contribution < 1.29 is 0 Å². The van der Waals surface area contributed by atoms with Crippen LogP contribution in [-0.4, -0.2) is 0 Å². The van der Waals surface area contributed by atoms with Crippen LogP contribution in [0.5, 0.6) is 0 Å². The SMILES string of the molecule is NNC(c1cc(Br)ccc1Cl)C1CCC1. The summed E-state index contributed by atoms with van der Waals surface area (Å²) in [5.74, 6) is 6.24. The van der Waals surface area contributed by atoms with Gasteiger partial charge in [0, 0.05) is 9.50 Å². The van der Waals surface area contributed by atoms with Crippen molar-refractivity contribution in [1.82, 2.24) is 5.43 Å². The van der Waals surface area contributed by atoms with E-state index in [1.807, 2.05) is 18.2 Å². The van der Waals surface area contributed by atoms with Gasteiger partial charge in [-0.1, -0.05) is 34.0 Å². The first-order valence-electron chi connectivity index (χ1n) is 5.13. The number of nitrogens with two attached hydrogens (primary N) is 1. The summed E-state index contributed by atoms with van der Waals surface area (Å²) in [6.45, 7) is 0. The molecule has 2 nitrogen and oxygen atoms in total. The van der Waals surface area contributed by atoms with Crippen molar-refractivity contribution in [1.29, 1.82) is 0 Å². The highest BCUT2D eigenvalue weighted by Crippen LogP contribution is 2.40. The molecule has 3 N–H and O–H groups in total. The van der Waals surface area contributed by atoms with Crippen LogP contribution in [0.4, 0.5) is 0 Å². The molecule has 4 heteroatoms. The Labute approximate surface area is 103 Å². The number of hydrogen-bond acceptors (Lipinski definition) is 2. The van der Waals surface area contributed by atoms with Crippen LogP contribution in [0.2, 0.25) is 5.02 Å². The van der Waals surface area contributed by atoms with E-state index in [1.165, 1.54) is 19.3 Å². The molecule has 1 aromatic carbocycles. The van der Waals surface area contributed by atoms with Crippen molar-refractivity contribution in [3.05, 3.63) is 33.3 Å². The van der Waals surface area contributed by atoms with Crippen LogP contribution in [0.15, 0.2) is 22.7 Å². The molecule has 1 atom stereocenters. The number of hydrazine groups is 1. The Balaban J connectivity index is 2.28. The van der Waals surface area contributed by atoms with Crippen LogP contribution in [0.1, 0.15) is 30.9 Å². The number of rotatable bonds is 3. The average Bonchev–Trinajstić information content (AvgIpc) is 2.15. The maximum absolute atomic E-state index is 6.18. The van der Waals surface area contributed by atoms with E-state index in [1.54, 1.807) is 0 Å². The minimum atomic E-state index is 0.184. The third-order valence-corrected chi connectivity index (χ3v) is 3.93. The Hall–Kier alpha value is -0.0900. The number of nitrogens with one attached hydrogen (secondary N) is 1. The van der Waals surface area contributed by atoms with E-state index in [0.29, 0.717) is 5.92 Å². The monoisotopic (exact) mass is 288 g/mol. The molecule has 1 aliphatic rings. The van der Waals surface area contributed by atoms with Crippen LogP contribution in [-0.2, 0) is 0 Å². The lowest BCUT2D eigenvalue weighted by atomic mass is 9.77. The van der Waals surface area contributed by atoms with Gasteiger partial charge in [0.1, 0.15) is 0 Å². The molecule has 0 saturated heterocycles. The maximum Gasteiger partial charge on any atom is 0.0503 e. The molecular formula is C11H14BrClN2. The molecule has 1 unspecified atom stereocenters. The second kappa shape index (κ2) is 4.83. The Morgan fingerprint density at radius 1 is 1.47 bits per heavy atom. The summed E-state index contributed by atoms with van der Waals surface area (Å²) in [4.78, 5) is 0. The zero-order valence-corrected chi connectivity index (χ0v) is 10.7.